The van der Waals surface area contributed by atoms with Crippen molar-refractivity contribution in [1.82, 2.24) is 0 Å². The fourth-order valence-corrected chi connectivity index (χ4v) is 1.69. The number of hydrogen-bond donors (Lipinski definition) is 1. The maximum atomic E-state index is 8.60. The zero-order valence-corrected chi connectivity index (χ0v) is 10.2. The number of aliphatic hydroxyl groups is 1. The first-order valence-electron chi connectivity index (χ1n) is 6.42. The lowest BCUT2D eigenvalue weighted by Gasteiger charge is -2.00. The Bertz CT molecular complexity index is 164. The summed E-state index contributed by atoms with van der Waals surface area (Å²) in [6.07, 6.45) is 12.6. The molecule has 0 aromatic heterocycles. The van der Waals surface area contributed by atoms with E-state index in [4.69, 9.17) is 5.11 Å². The van der Waals surface area contributed by atoms with Gasteiger partial charge in [0, 0.05) is 13.0 Å². The van der Waals surface area contributed by atoms with Crippen LogP contribution in [0.2, 0.25) is 0 Å². The van der Waals surface area contributed by atoms with Crippen molar-refractivity contribution in [2.75, 3.05) is 6.61 Å². The van der Waals surface area contributed by atoms with Crippen molar-refractivity contribution in [1.29, 1.82) is 0 Å². The predicted molar refractivity (Wildman–Crippen MR) is 66.7 cm³/mol. The molecule has 0 amide bonds. The Morgan fingerprint density at radius 3 is 1.67 bits per heavy atom. The summed E-state index contributed by atoms with van der Waals surface area (Å²) in [5, 5.41) is 8.60. The lowest BCUT2D eigenvalue weighted by atomic mass is 10.1. The lowest BCUT2D eigenvalue weighted by molar-refractivity contribution is 0.282. The largest absolute Gasteiger partial charge is 0.396 e. The number of unbranched alkanes of at least 4 members (excludes halogenated alkanes) is 9. The van der Waals surface area contributed by atoms with Crippen LogP contribution in [-0.2, 0) is 0 Å². The highest BCUT2D eigenvalue weighted by Gasteiger charge is 1.91. The highest BCUT2D eigenvalue weighted by molar-refractivity contribution is 4.94. The van der Waals surface area contributed by atoms with Crippen LogP contribution >= 0.6 is 0 Å². The van der Waals surface area contributed by atoms with Gasteiger partial charge in [0.2, 0.25) is 0 Å². The molecule has 0 aromatic carbocycles. The molecular formula is C14H26O. The molecule has 0 saturated carbocycles. The van der Waals surface area contributed by atoms with Crippen LogP contribution in [0.4, 0.5) is 0 Å². The number of aliphatic hydroxyl groups excluding tert-OH is 1. The number of rotatable bonds is 10. The van der Waals surface area contributed by atoms with Crippen LogP contribution in [-0.4, -0.2) is 11.7 Å². The molecule has 0 heterocycles. The van der Waals surface area contributed by atoms with E-state index in [2.05, 4.69) is 11.8 Å². The molecule has 0 bridgehead atoms. The Balaban J connectivity index is 2.88. The van der Waals surface area contributed by atoms with Crippen molar-refractivity contribution < 1.29 is 5.11 Å². The molecule has 0 atom stereocenters. The standard InChI is InChI=1S/C14H26O/c1-2-3-4-5-6-7-8-9-10-11-12-13-14-15/h15H,4-14H2,1H3. The quantitative estimate of drug-likeness (QED) is 0.428. The van der Waals surface area contributed by atoms with E-state index in [1.165, 1.54) is 51.4 Å². The molecule has 15 heavy (non-hydrogen) atoms. The van der Waals surface area contributed by atoms with Gasteiger partial charge in [-0.05, 0) is 19.8 Å². The maximum Gasteiger partial charge on any atom is 0.0431 e. The van der Waals surface area contributed by atoms with E-state index >= 15 is 0 Å². The summed E-state index contributed by atoms with van der Waals surface area (Å²) in [6.45, 7) is 2.27. The highest BCUT2D eigenvalue weighted by atomic mass is 16.2. The van der Waals surface area contributed by atoms with Crippen molar-refractivity contribution in [3.63, 3.8) is 0 Å². The van der Waals surface area contributed by atoms with E-state index in [1.54, 1.807) is 0 Å². The Hall–Kier alpha value is -0.480. The topological polar surface area (TPSA) is 20.2 Å². The molecule has 1 N–H and O–H groups in total. The van der Waals surface area contributed by atoms with E-state index in [-0.39, 0.29) is 0 Å². The van der Waals surface area contributed by atoms with Gasteiger partial charge in [0.25, 0.3) is 0 Å². The monoisotopic (exact) mass is 210 g/mol. The molecular weight excluding hydrogens is 184 g/mol. The Morgan fingerprint density at radius 2 is 1.20 bits per heavy atom. The second-order valence-electron chi connectivity index (χ2n) is 4.08. The van der Waals surface area contributed by atoms with Gasteiger partial charge >= 0.3 is 0 Å². The van der Waals surface area contributed by atoms with Crippen LogP contribution in [0.25, 0.3) is 0 Å². The van der Waals surface area contributed by atoms with Crippen LogP contribution in [0.15, 0.2) is 0 Å². The minimum absolute atomic E-state index is 0.360. The summed E-state index contributed by atoms with van der Waals surface area (Å²) in [6, 6.07) is 0. The van der Waals surface area contributed by atoms with E-state index in [1.807, 2.05) is 6.92 Å². The average Bonchev–Trinajstić information content (AvgIpc) is 2.26. The summed E-state index contributed by atoms with van der Waals surface area (Å²) in [5.74, 6) is 6.03. The van der Waals surface area contributed by atoms with Gasteiger partial charge < -0.3 is 5.11 Å². The van der Waals surface area contributed by atoms with Crippen LogP contribution in [0, 0.1) is 11.8 Å². The van der Waals surface area contributed by atoms with Crippen LogP contribution < -0.4 is 0 Å². The van der Waals surface area contributed by atoms with E-state index in [9.17, 15) is 0 Å². The first-order valence-corrected chi connectivity index (χ1v) is 6.42. The van der Waals surface area contributed by atoms with Gasteiger partial charge in [0.15, 0.2) is 0 Å². The first kappa shape index (κ1) is 14.5. The van der Waals surface area contributed by atoms with E-state index < -0.39 is 0 Å². The average molecular weight is 210 g/mol. The van der Waals surface area contributed by atoms with Crippen molar-refractivity contribution in [2.24, 2.45) is 0 Å². The molecule has 0 spiro atoms. The molecule has 0 aliphatic heterocycles. The molecule has 0 aliphatic carbocycles. The molecule has 0 aliphatic rings. The second-order valence-corrected chi connectivity index (χ2v) is 4.08. The molecule has 1 nitrogen and oxygen atoms in total. The summed E-state index contributed by atoms with van der Waals surface area (Å²) in [4.78, 5) is 0. The second kappa shape index (κ2) is 13.5. The summed E-state index contributed by atoms with van der Waals surface area (Å²) in [7, 11) is 0. The molecule has 0 radical (unpaired) electrons. The van der Waals surface area contributed by atoms with Gasteiger partial charge in [-0.25, -0.2) is 0 Å². The SMILES string of the molecule is CC#CCCCCCCCCCCCO. The smallest absolute Gasteiger partial charge is 0.0431 e. The summed E-state index contributed by atoms with van der Waals surface area (Å²) < 4.78 is 0. The van der Waals surface area contributed by atoms with Crippen molar-refractivity contribution in [3.8, 4) is 11.8 Å². The maximum absolute atomic E-state index is 8.60. The van der Waals surface area contributed by atoms with Gasteiger partial charge in [-0.15, -0.1) is 11.8 Å². The predicted octanol–water partition coefficient (Wildman–Crippen LogP) is 3.90. The van der Waals surface area contributed by atoms with E-state index in [0.29, 0.717) is 6.61 Å². The summed E-state index contributed by atoms with van der Waals surface area (Å²) in [5.41, 5.74) is 0. The highest BCUT2D eigenvalue weighted by Crippen LogP contribution is 2.10. The fraction of sp³-hybridized carbons (Fsp3) is 0.857. The minimum atomic E-state index is 0.360. The third-order valence-corrected chi connectivity index (χ3v) is 2.64. The third kappa shape index (κ3) is 13.5. The molecule has 0 rings (SSSR count). The van der Waals surface area contributed by atoms with Gasteiger partial charge in [0.05, 0.1) is 0 Å². The molecule has 0 fully saturated rings. The Kier molecular flexibility index (Phi) is 13.1. The zero-order chi connectivity index (χ0) is 11.2. The minimum Gasteiger partial charge on any atom is -0.396 e. The Morgan fingerprint density at radius 1 is 0.733 bits per heavy atom. The van der Waals surface area contributed by atoms with Crippen LogP contribution in [0.3, 0.4) is 0 Å². The summed E-state index contributed by atoms with van der Waals surface area (Å²) >= 11 is 0. The molecule has 1 heteroatoms. The van der Waals surface area contributed by atoms with Gasteiger partial charge in [-0.1, -0.05) is 44.9 Å². The van der Waals surface area contributed by atoms with Crippen molar-refractivity contribution >= 4 is 0 Å². The zero-order valence-electron chi connectivity index (χ0n) is 10.2. The van der Waals surface area contributed by atoms with Crippen LogP contribution in [0.5, 0.6) is 0 Å². The van der Waals surface area contributed by atoms with Crippen molar-refractivity contribution in [3.05, 3.63) is 0 Å². The Labute approximate surface area is 95.3 Å². The lowest BCUT2D eigenvalue weighted by Crippen LogP contribution is -1.84. The molecule has 0 aromatic rings. The fourth-order valence-electron chi connectivity index (χ4n) is 1.69. The number of hydrogen-bond acceptors (Lipinski definition) is 1. The van der Waals surface area contributed by atoms with Gasteiger partial charge in [-0.3, -0.25) is 0 Å². The third-order valence-electron chi connectivity index (χ3n) is 2.64. The van der Waals surface area contributed by atoms with Crippen molar-refractivity contribution in [2.45, 2.75) is 71.1 Å². The van der Waals surface area contributed by atoms with Gasteiger partial charge in [-0.2, -0.15) is 0 Å². The van der Waals surface area contributed by atoms with Gasteiger partial charge in [0.1, 0.15) is 0 Å². The first-order chi connectivity index (χ1) is 7.41. The normalized spacial score (nSPS) is 9.73. The van der Waals surface area contributed by atoms with Crippen LogP contribution in [0.1, 0.15) is 71.1 Å². The van der Waals surface area contributed by atoms with E-state index in [0.717, 1.165) is 12.8 Å². The molecule has 88 valence electrons. The molecule has 0 saturated heterocycles. The molecule has 0 unspecified atom stereocenters.